The number of esters is 1. The second kappa shape index (κ2) is 22.0. The molecule has 0 atom stereocenters. The summed E-state index contributed by atoms with van der Waals surface area (Å²) in [6, 6.07) is 0. The van der Waals surface area contributed by atoms with Crippen molar-refractivity contribution in [2.24, 2.45) is 5.92 Å². The lowest BCUT2D eigenvalue weighted by Gasteiger charge is -2.06. The second-order valence-corrected chi connectivity index (χ2v) is 8.15. The van der Waals surface area contributed by atoms with Crippen molar-refractivity contribution in [1.29, 1.82) is 0 Å². The molecule has 0 unspecified atom stereocenters. The molecule has 0 N–H and O–H groups in total. The van der Waals surface area contributed by atoms with Crippen LogP contribution in [0, 0.1) is 5.92 Å². The molecule has 28 heavy (non-hydrogen) atoms. The molecule has 2 heteroatoms. The zero-order chi connectivity index (χ0) is 20.7. The summed E-state index contributed by atoms with van der Waals surface area (Å²) in [4.78, 5) is 11.7. The molecule has 0 amide bonds. The Morgan fingerprint density at radius 3 is 2.04 bits per heavy atom. The lowest BCUT2D eigenvalue weighted by atomic mass is 10.1. The van der Waals surface area contributed by atoms with Gasteiger partial charge in [-0.15, -0.1) is 0 Å². The zero-order valence-corrected chi connectivity index (χ0v) is 19.0. The van der Waals surface area contributed by atoms with Crippen LogP contribution in [0.2, 0.25) is 0 Å². The van der Waals surface area contributed by atoms with Crippen LogP contribution in [-0.2, 0) is 9.53 Å². The number of ether oxygens (including phenoxy) is 1. The van der Waals surface area contributed by atoms with Crippen LogP contribution in [0.15, 0.2) is 36.5 Å². The molecule has 162 valence electrons. The van der Waals surface area contributed by atoms with Crippen molar-refractivity contribution < 1.29 is 9.53 Å². The number of hydrogen-bond donors (Lipinski definition) is 0. The first-order chi connectivity index (χ1) is 13.7. The first-order valence-electron chi connectivity index (χ1n) is 11.8. The normalized spacial score (nSPS) is 12.1. The Bertz CT molecular complexity index is 418. The maximum atomic E-state index is 11.7. The van der Waals surface area contributed by atoms with Gasteiger partial charge < -0.3 is 4.74 Å². The minimum atomic E-state index is -0.0117. The monoisotopic (exact) mass is 390 g/mol. The van der Waals surface area contributed by atoms with Crippen LogP contribution in [0.3, 0.4) is 0 Å². The van der Waals surface area contributed by atoms with Crippen LogP contribution in [0.5, 0.6) is 0 Å². The molecule has 0 bridgehead atoms. The molecule has 0 spiro atoms. The summed E-state index contributed by atoms with van der Waals surface area (Å²) in [6.07, 6.45) is 28.9. The third kappa shape index (κ3) is 22.7. The van der Waals surface area contributed by atoms with E-state index in [9.17, 15) is 4.79 Å². The van der Waals surface area contributed by atoms with Crippen molar-refractivity contribution in [2.75, 3.05) is 6.61 Å². The van der Waals surface area contributed by atoms with E-state index in [2.05, 4.69) is 57.2 Å². The molecule has 0 rings (SSSR count). The first-order valence-corrected chi connectivity index (χ1v) is 11.8. The molecule has 0 aliphatic carbocycles. The summed E-state index contributed by atoms with van der Waals surface area (Å²) < 4.78 is 5.31. The van der Waals surface area contributed by atoms with Gasteiger partial charge in [-0.1, -0.05) is 109 Å². The highest BCUT2D eigenvalue weighted by Gasteiger charge is 2.02. The lowest BCUT2D eigenvalue weighted by Crippen LogP contribution is -2.05. The van der Waals surface area contributed by atoms with E-state index in [1.54, 1.807) is 0 Å². The van der Waals surface area contributed by atoms with E-state index in [1.165, 1.54) is 57.8 Å². The molecule has 0 aliphatic heterocycles. The molecule has 0 aliphatic rings. The summed E-state index contributed by atoms with van der Waals surface area (Å²) in [7, 11) is 0. The van der Waals surface area contributed by atoms with Gasteiger partial charge in [-0.05, 0) is 38.0 Å². The maximum absolute atomic E-state index is 11.7. The quantitative estimate of drug-likeness (QED) is 0.126. The number of carbonyl (C=O) groups excluding carboxylic acids is 1. The van der Waals surface area contributed by atoms with Crippen LogP contribution in [0.1, 0.15) is 111 Å². The largest absolute Gasteiger partial charge is 0.466 e. The van der Waals surface area contributed by atoms with Crippen LogP contribution in [0.4, 0.5) is 0 Å². The van der Waals surface area contributed by atoms with Gasteiger partial charge in [-0.3, -0.25) is 4.79 Å². The van der Waals surface area contributed by atoms with E-state index >= 15 is 0 Å². The summed E-state index contributed by atoms with van der Waals surface area (Å²) in [5.41, 5.74) is 0. The molecule has 0 heterocycles. The number of rotatable bonds is 19. The molecule has 0 aromatic heterocycles. The average molecular weight is 391 g/mol. The van der Waals surface area contributed by atoms with E-state index in [1.807, 2.05) is 0 Å². The third-order valence-corrected chi connectivity index (χ3v) is 4.77. The third-order valence-electron chi connectivity index (χ3n) is 4.77. The maximum Gasteiger partial charge on any atom is 0.305 e. The Balaban J connectivity index is 3.33. The average Bonchev–Trinajstić information content (AvgIpc) is 2.67. The second-order valence-electron chi connectivity index (χ2n) is 8.15. The lowest BCUT2D eigenvalue weighted by molar-refractivity contribution is -0.143. The predicted molar refractivity (Wildman–Crippen MR) is 124 cm³/mol. The number of carbonyl (C=O) groups is 1. The smallest absolute Gasteiger partial charge is 0.305 e. The van der Waals surface area contributed by atoms with Gasteiger partial charge in [-0.2, -0.15) is 0 Å². The highest BCUT2D eigenvalue weighted by Crippen LogP contribution is 2.10. The van der Waals surface area contributed by atoms with Gasteiger partial charge in [-0.25, -0.2) is 0 Å². The molecular formula is C26H46O2. The van der Waals surface area contributed by atoms with Crippen LogP contribution < -0.4 is 0 Å². The summed E-state index contributed by atoms with van der Waals surface area (Å²) in [6.45, 7) is 7.33. The summed E-state index contributed by atoms with van der Waals surface area (Å²) in [5.74, 6) is 0.764. The van der Waals surface area contributed by atoms with Gasteiger partial charge in [0, 0.05) is 6.42 Å². The Hall–Kier alpha value is -1.31. The van der Waals surface area contributed by atoms with E-state index in [4.69, 9.17) is 4.74 Å². The van der Waals surface area contributed by atoms with Gasteiger partial charge in [0.05, 0.1) is 6.61 Å². The summed E-state index contributed by atoms with van der Waals surface area (Å²) >= 11 is 0. The predicted octanol–water partition coefficient (Wildman–Crippen LogP) is 8.34. The van der Waals surface area contributed by atoms with E-state index in [0.29, 0.717) is 13.0 Å². The molecule has 0 aromatic carbocycles. The van der Waals surface area contributed by atoms with Crippen molar-refractivity contribution in [1.82, 2.24) is 0 Å². The fraction of sp³-hybridized carbons (Fsp3) is 0.731. The topological polar surface area (TPSA) is 26.3 Å². The van der Waals surface area contributed by atoms with E-state index in [-0.39, 0.29) is 5.97 Å². The molecule has 0 radical (unpaired) electrons. The first kappa shape index (κ1) is 26.7. The van der Waals surface area contributed by atoms with Crippen LogP contribution in [-0.4, -0.2) is 12.6 Å². The fourth-order valence-electron chi connectivity index (χ4n) is 2.95. The van der Waals surface area contributed by atoms with Gasteiger partial charge >= 0.3 is 5.97 Å². The number of hydrogen-bond acceptors (Lipinski definition) is 2. The Morgan fingerprint density at radius 2 is 1.36 bits per heavy atom. The SMILES string of the molecule is CCCCC=CC=CC=CCCCCCCCC(=O)OCCCCCC(C)C. The van der Waals surface area contributed by atoms with Crippen molar-refractivity contribution in [3.05, 3.63) is 36.5 Å². The highest BCUT2D eigenvalue weighted by molar-refractivity contribution is 5.69. The van der Waals surface area contributed by atoms with Crippen LogP contribution in [0.25, 0.3) is 0 Å². The van der Waals surface area contributed by atoms with Gasteiger partial charge in [0.15, 0.2) is 0 Å². The van der Waals surface area contributed by atoms with Crippen LogP contribution >= 0.6 is 0 Å². The van der Waals surface area contributed by atoms with Crippen molar-refractivity contribution >= 4 is 5.97 Å². The zero-order valence-electron chi connectivity index (χ0n) is 19.0. The highest BCUT2D eigenvalue weighted by atomic mass is 16.5. The number of allylic oxidation sites excluding steroid dienone is 6. The molecule has 2 nitrogen and oxygen atoms in total. The molecule has 0 fully saturated rings. The van der Waals surface area contributed by atoms with Gasteiger partial charge in [0.2, 0.25) is 0 Å². The van der Waals surface area contributed by atoms with E-state index in [0.717, 1.165) is 31.6 Å². The minimum absolute atomic E-state index is 0.0117. The minimum Gasteiger partial charge on any atom is -0.466 e. The number of unbranched alkanes of at least 4 members (excludes halogenated alkanes) is 9. The molecular weight excluding hydrogens is 344 g/mol. The van der Waals surface area contributed by atoms with Gasteiger partial charge in [0.25, 0.3) is 0 Å². The summed E-state index contributed by atoms with van der Waals surface area (Å²) in [5, 5.41) is 0. The van der Waals surface area contributed by atoms with Crippen molar-refractivity contribution in [3.8, 4) is 0 Å². The van der Waals surface area contributed by atoms with Gasteiger partial charge in [0.1, 0.15) is 0 Å². The van der Waals surface area contributed by atoms with Crippen molar-refractivity contribution in [3.63, 3.8) is 0 Å². The molecule has 0 saturated carbocycles. The Kier molecular flexibility index (Phi) is 21.0. The van der Waals surface area contributed by atoms with E-state index < -0.39 is 0 Å². The molecule has 0 aromatic rings. The Morgan fingerprint density at radius 1 is 0.750 bits per heavy atom. The fourth-order valence-corrected chi connectivity index (χ4v) is 2.95. The Labute approximate surface area is 175 Å². The standard InChI is InChI=1S/C26H46O2/c1-4-5-6-7-8-9-10-11-12-13-14-15-16-17-20-23-26(27)28-24-21-18-19-22-25(2)3/h7-12,25H,4-6,13-24H2,1-3H3. The van der Waals surface area contributed by atoms with Crippen molar-refractivity contribution in [2.45, 2.75) is 111 Å². The molecule has 0 saturated heterocycles.